The maximum atomic E-state index is 10.5. The monoisotopic (exact) mass is 167 g/mol. The van der Waals surface area contributed by atoms with Gasteiger partial charge in [-0.15, -0.1) is 0 Å². The van der Waals surface area contributed by atoms with Crippen LogP contribution in [0.1, 0.15) is 11.1 Å². The second-order valence-electron chi connectivity index (χ2n) is 2.87. The molecule has 0 radical (unpaired) electrons. The van der Waals surface area contributed by atoms with Crippen LogP contribution in [0, 0.1) is 24.0 Å². The van der Waals surface area contributed by atoms with Gasteiger partial charge in [-0.05, 0) is 13.8 Å². The predicted molar refractivity (Wildman–Crippen MR) is 43.7 cm³/mol. The van der Waals surface area contributed by atoms with Crippen molar-refractivity contribution in [1.29, 1.82) is 0 Å². The molecule has 0 aliphatic rings. The molecule has 1 aromatic heterocycles. The zero-order chi connectivity index (χ0) is 9.30. The highest BCUT2D eigenvalue weighted by atomic mass is 16.6. The number of nitro groups is 1. The van der Waals surface area contributed by atoms with Crippen molar-refractivity contribution in [3.8, 4) is 0 Å². The number of pyridine rings is 1. The summed E-state index contributed by atoms with van der Waals surface area (Å²) >= 11 is 0. The Morgan fingerprint density at radius 2 is 2.00 bits per heavy atom. The molecule has 0 amide bonds. The van der Waals surface area contributed by atoms with Crippen molar-refractivity contribution in [2.24, 2.45) is 7.05 Å². The summed E-state index contributed by atoms with van der Waals surface area (Å²) in [6, 6.07) is 0. The van der Waals surface area contributed by atoms with Gasteiger partial charge in [0, 0.05) is 11.1 Å². The van der Waals surface area contributed by atoms with Crippen molar-refractivity contribution < 1.29 is 9.49 Å². The minimum absolute atomic E-state index is 0.178. The van der Waals surface area contributed by atoms with E-state index < -0.39 is 0 Å². The van der Waals surface area contributed by atoms with Crippen LogP contribution in [0.2, 0.25) is 0 Å². The number of nitrogens with zero attached hydrogens (tertiary/aromatic N) is 2. The van der Waals surface area contributed by atoms with E-state index in [4.69, 9.17) is 0 Å². The van der Waals surface area contributed by atoms with Crippen molar-refractivity contribution in [3.05, 3.63) is 33.6 Å². The fourth-order valence-corrected chi connectivity index (χ4v) is 1.12. The van der Waals surface area contributed by atoms with E-state index in [9.17, 15) is 10.1 Å². The summed E-state index contributed by atoms with van der Waals surface area (Å²) in [6.45, 7) is 3.62. The Morgan fingerprint density at radius 3 is 2.50 bits per heavy atom. The minimum atomic E-state index is -0.359. The number of hydrogen-bond acceptors (Lipinski definition) is 2. The van der Waals surface area contributed by atoms with Crippen molar-refractivity contribution in [3.63, 3.8) is 0 Å². The third-order valence-corrected chi connectivity index (χ3v) is 1.90. The van der Waals surface area contributed by atoms with E-state index in [0.717, 1.165) is 11.1 Å². The first kappa shape index (κ1) is 8.64. The Hall–Kier alpha value is -1.45. The third-order valence-electron chi connectivity index (χ3n) is 1.90. The molecular weight excluding hydrogens is 156 g/mol. The second kappa shape index (κ2) is 2.89. The second-order valence-corrected chi connectivity index (χ2v) is 2.87. The van der Waals surface area contributed by atoms with E-state index in [-0.39, 0.29) is 10.6 Å². The quantitative estimate of drug-likeness (QED) is 0.356. The van der Waals surface area contributed by atoms with Gasteiger partial charge in [-0.25, -0.2) is 4.57 Å². The van der Waals surface area contributed by atoms with Crippen molar-refractivity contribution in [2.45, 2.75) is 13.8 Å². The summed E-state index contributed by atoms with van der Waals surface area (Å²) in [5.74, 6) is 0. The topological polar surface area (TPSA) is 47.0 Å². The highest BCUT2D eigenvalue weighted by Crippen LogP contribution is 2.16. The van der Waals surface area contributed by atoms with Gasteiger partial charge < -0.3 is 0 Å². The van der Waals surface area contributed by atoms with Gasteiger partial charge in [0.15, 0.2) is 6.20 Å². The summed E-state index contributed by atoms with van der Waals surface area (Å²) in [4.78, 5) is 10.2. The Labute approximate surface area is 70.6 Å². The Kier molecular flexibility index (Phi) is 2.08. The molecule has 1 heterocycles. The van der Waals surface area contributed by atoms with Gasteiger partial charge in [-0.1, -0.05) is 0 Å². The van der Waals surface area contributed by atoms with Crippen molar-refractivity contribution in [2.75, 3.05) is 0 Å². The summed E-state index contributed by atoms with van der Waals surface area (Å²) in [5.41, 5.74) is 1.85. The third kappa shape index (κ3) is 1.42. The van der Waals surface area contributed by atoms with E-state index in [1.54, 1.807) is 18.5 Å². The molecule has 12 heavy (non-hydrogen) atoms. The molecule has 0 aliphatic carbocycles. The largest absolute Gasteiger partial charge is 0.335 e. The van der Waals surface area contributed by atoms with Gasteiger partial charge in [0.2, 0.25) is 6.20 Å². The van der Waals surface area contributed by atoms with E-state index in [1.807, 2.05) is 13.1 Å². The molecule has 0 fully saturated rings. The first-order valence-electron chi connectivity index (χ1n) is 3.63. The van der Waals surface area contributed by atoms with E-state index >= 15 is 0 Å². The lowest BCUT2D eigenvalue weighted by molar-refractivity contribution is -0.674. The lowest BCUT2D eigenvalue weighted by Gasteiger charge is -1.97. The number of hydrogen-bond donors (Lipinski definition) is 0. The Morgan fingerprint density at radius 1 is 1.42 bits per heavy atom. The molecule has 0 spiro atoms. The summed E-state index contributed by atoms with van der Waals surface area (Å²) in [6.07, 6.45) is 3.38. The van der Waals surface area contributed by atoms with Crippen LogP contribution in [0.5, 0.6) is 0 Å². The lowest BCUT2D eigenvalue weighted by atomic mass is 10.1. The highest BCUT2D eigenvalue weighted by molar-refractivity contribution is 5.38. The van der Waals surface area contributed by atoms with E-state index in [2.05, 4.69) is 0 Å². The standard InChI is InChI=1S/C8H11N2O2/c1-6-4-9(3)5-8(7(6)2)10(11)12/h4-5H,1-3H3/q+1. The van der Waals surface area contributed by atoms with Crippen LogP contribution in [-0.2, 0) is 7.05 Å². The van der Waals surface area contributed by atoms with Crippen LogP contribution in [-0.4, -0.2) is 4.92 Å². The van der Waals surface area contributed by atoms with Crippen LogP contribution in [0.3, 0.4) is 0 Å². The smallest absolute Gasteiger partial charge is 0.258 e. The molecule has 4 heteroatoms. The first-order chi connectivity index (χ1) is 5.52. The van der Waals surface area contributed by atoms with Crippen LogP contribution < -0.4 is 4.57 Å². The average Bonchev–Trinajstić information content (AvgIpc) is 1.96. The molecule has 4 nitrogen and oxygen atoms in total. The van der Waals surface area contributed by atoms with Gasteiger partial charge in [-0.2, -0.15) is 0 Å². The van der Waals surface area contributed by atoms with Gasteiger partial charge in [0.25, 0.3) is 0 Å². The zero-order valence-electron chi connectivity index (χ0n) is 7.37. The van der Waals surface area contributed by atoms with Gasteiger partial charge >= 0.3 is 5.69 Å². The SMILES string of the molecule is Cc1c[n+](C)cc([N+](=O)[O-])c1C. The van der Waals surface area contributed by atoms with E-state index in [1.165, 1.54) is 6.20 Å². The predicted octanol–water partition coefficient (Wildman–Crippen LogP) is 1.04. The molecule has 64 valence electrons. The van der Waals surface area contributed by atoms with E-state index in [0.29, 0.717) is 0 Å². The molecule has 0 saturated heterocycles. The van der Waals surface area contributed by atoms with Crippen LogP contribution in [0.4, 0.5) is 5.69 Å². The van der Waals surface area contributed by atoms with Crippen molar-refractivity contribution in [1.82, 2.24) is 0 Å². The fraction of sp³-hybridized carbons (Fsp3) is 0.375. The molecule has 1 aromatic rings. The van der Waals surface area contributed by atoms with Crippen molar-refractivity contribution >= 4 is 5.69 Å². The maximum absolute atomic E-state index is 10.5. The van der Waals surface area contributed by atoms with Gasteiger partial charge in [0.1, 0.15) is 7.05 Å². The van der Waals surface area contributed by atoms with Crippen LogP contribution >= 0.6 is 0 Å². The molecule has 0 unspecified atom stereocenters. The fourth-order valence-electron chi connectivity index (χ4n) is 1.12. The lowest BCUT2D eigenvalue weighted by Crippen LogP contribution is -2.28. The highest BCUT2D eigenvalue weighted by Gasteiger charge is 2.17. The normalized spacial score (nSPS) is 9.92. The number of aryl methyl sites for hydroxylation is 2. The van der Waals surface area contributed by atoms with Gasteiger partial charge in [0.05, 0.1) is 4.92 Å². The summed E-state index contributed by atoms with van der Waals surface area (Å²) in [5, 5.41) is 10.5. The van der Waals surface area contributed by atoms with Gasteiger partial charge in [-0.3, -0.25) is 10.1 Å². The minimum Gasteiger partial charge on any atom is -0.258 e. The van der Waals surface area contributed by atoms with Crippen LogP contribution in [0.25, 0.3) is 0 Å². The molecule has 0 bridgehead atoms. The Bertz CT molecular complexity index is 334. The molecule has 0 N–H and O–H groups in total. The summed E-state index contributed by atoms with van der Waals surface area (Å²) < 4.78 is 1.69. The molecule has 0 aliphatic heterocycles. The zero-order valence-corrected chi connectivity index (χ0v) is 7.37. The number of aromatic nitrogens is 1. The first-order valence-corrected chi connectivity index (χ1v) is 3.63. The maximum Gasteiger partial charge on any atom is 0.335 e. The molecule has 1 rings (SSSR count). The number of rotatable bonds is 1. The molecule has 0 atom stereocenters. The average molecular weight is 167 g/mol. The molecule has 0 saturated carbocycles. The van der Waals surface area contributed by atoms with Crippen LogP contribution in [0.15, 0.2) is 12.4 Å². The molecule has 0 aromatic carbocycles. The Balaban J connectivity index is 3.37. The summed E-state index contributed by atoms with van der Waals surface area (Å²) in [7, 11) is 1.78. The molecular formula is C8H11N2O2+.